The molecule has 4 rings (SSSR count). The minimum Gasteiger partial charge on any atom is -0.481 e. The maximum Gasteiger partial charge on any atom is 0.407 e. The van der Waals surface area contributed by atoms with Gasteiger partial charge in [0.05, 0.1) is 12.5 Å². The highest BCUT2D eigenvalue weighted by atomic mass is 16.5. The zero-order valence-corrected chi connectivity index (χ0v) is 19.5. The van der Waals surface area contributed by atoms with Gasteiger partial charge in [0.1, 0.15) is 13.2 Å². The fourth-order valence-electron chi connectivity index (χ4n) is 4.89. The molecule has 3 amide bonds. The zero-order valence-electron chi connectivity index (χ0n) is 19.5. The van der Waals surface area contributed by atoms with E-state index < -0.39 is 23.9 Å². The van der Waals surface area contributed by atoms with Crippen molar-refractivity contribution < 1.29 is 29.0 Å². The average molecular weight is 480 g/mol. The number of piperidine rings is 1. The number of rotatable bonds is 7. The Kier molecular flexibility index (Phi) is 7.33. The van der Waals surface area contributed by atoms with Crippen molar-refractivity contribution in [2.75, 3.05) is 32.8 Å². The Morgan fingerprint density at radius 1 is 0.971 bits per heavy atom. The molecule has 2 aromatic rings. The van der Waals surface area contributed by atoms with Gasteiger partial charge in [0.2, 0.25) is 11.8 Å². The van der Waals surface area contributed by atoms with Gasteiger partial charge in [-0.1, -0.05) is 55.5 Å². The number of ether oxygens (including phenoxy) is 1. The fraction of sp³-hybridized carbons (Fsp3) is 0.385. The molecule has 1 saturated heterocycles. The highest BCUT2D eigenvalue weighted by Crippen LogP contribution is 2.44. The summed E-state index contributed by atoms with van der Waals surface area (Å²) in [6, 6.07) is 16.0. The first kappa shape index (κ1) is 24.3. The molecule has 9 heteroatoms. The van der Waals surface area contributed by atoms with Crippen LogP contribution in [-0.4, -0.2) is 66.7 Å². The Balaban J connectivity index is 1.20. The van der Waals surface area contributed by atoms with Crippen molar-refractivity contribution in [3.05, 3.63) is 59.7 Å². The third-order valence-electron chi connectivity index (χ3n) is 6.75. The molecule has 3 N–H and O–H groups in total. The maximum absolute atomic E-state index is 12.4. The van der Waals surface area contributed by atoms with E-state index in [-0.39, 0.29) is 37.4 Å². The summed E-state index contributed by atoms with van der Waals surface area (Å²) in [7, 11) is 0. The van der Waals surface area contributed by atoms with Gasteiger partial charge in [-0.15, -0.1) is 0 Å². The lowest BCUT2D eigenvalue weighted by Gasteiger charge is -2.35. The molecule has 0 spiro atoms. The Bertz CT molecular complexity index is 1090. The van der Waals surface area contributed by atoms with Crippen LogP contribution in [-0.2, 0) is 19.1 Å². The van der Waals surface area contributed by atoms with Crippen LogP contribution >= 0.6 is 0 Å². The summed E-state index contributed by atoms with van der Waals surface area (Å²) in [6.45, 7) is 2.09. The fourth-order valence-corrected chi connectivity index (χ4v) is 4.89. The van der Waals surface area contributed by atoms with Crippen LogP contribution in [0, 0.1) is 11.8 Å². The van der Waals surface area contributed by atoms with Gasteiger partial charge in [-0.05, 0) is 34.6 Å². The molecule has 1 fully saturated rings. The van der Waals surface area contributed by atoms with E-state index in [1.165, 1.54) is 0 Å². The number of hydrogen-bond donors (Lipinski definition) is 3. The van der Waals surface area contributed by atoms with Gasteiger partial charge in [0, 0.05) is 19.0 Å². The van der Waals surface area contributed by atoms with Crippen molar-refractivity contribution in [3.63, 3.8) is 0 Å². The number of likely N-dealkylation sites (tertiary alicyclic amines) is 1. The summed E-state index contributed by atoms with van der Waals surface area (Å²) in [5.74, 6) is -2.34. The van der Waals surface area contributed by atoms with Crippen molar-refractivity contribution in [2.45, 2.75) is 19.3 Å². The number of carbonyl (C=O) groups excluding carboxylic acids is 3. The molecule has 0 bridgehead atoms. The van der Waals surface area contributed by atoms with Crippen LogP contribution in [0.5, 0.6) is 0 Å². The van der Waals surface area contributed by atoms with Crippen molar-refractivity contribution in [1.29, 1.82) is 0 Å². The van der Waals surface area contributed by atoms with E-state index in [0.717, 1.165) is 22.3 Å². The lowest BCUT2D eigenvalue weighted by atomic mass is 9.87. The van der Waals surface area contributed by atoms with Gasteiger partial charge in [-0.25, -0.2) is 4.79 Å². The molecular weight excluding hydrogens is 450 g/mol. The highest BCUT2D eigenvalue weighted by Gasteiger charge is 2.33. The number of carboxylic acids is 1. The Hall–Kier alpha value is -3.88. The number of alkyl carbamates (subject to hydrolysis) is 1. The van der Waals surface area contributed by atoms with E-state index in [4.69, 9.17) is 4.74 Å². The number of fused-ring (bicyclic) bond motifs is 3. The summed E-state index contributed by atoms with van der Waals surface area (Å²) in [4.78, 5) is 49.4. The molecule has 184 valence electrons. The molecule has 2 atom stereocenters. The van der Waals surface area contributed by atoms with Crippen LogP contribution in [0.4, 0.5) is 4.79 Å². The van der Waals surface area contributed by atoms with E-state index in [1.807, 2.05) is 36.4 Å². The van der Waals surface area contributed by atoms with Crippen LogP contribution in [0.25, 0.3) is 11.1 Å². The van der Waals surface area contributed by atoms with E-state index in [0.29, 0.717) is 19.5 Å². The summed E-state index contributed by atoms with van der Waals surface area (Å²) in [6.07, 6.45) is -0.322. The monoisotopic (exact) mass is 479 g/mol. The summed E-state index contributed by atoms with van der Waals surface area (Å²) < 4.78 is 5.40. The molecule has 1 aliphatic carbocycles. The van der Waals surface area contributed by atoms with Crippen molar-refractivity contribution >= 4 is 23.9 Å². The van der Waals surface area contributed by atoms with Gasteiger partial charge < -0.3 is 25.4 Å². The molecule has 0 aromatic heterocycles. The van der Waals surface area contributed by atoms with E-state index in [2.05, 4.69) is 22.8 Å². The molecule has 0 saturated carbocycles. The molecule has 9 nitrogen and oxygen atoms in total. The summed E-state index contributed by atoms with van der Waals surface area (Å²) in [5, 5.41) is 14.1. The third kappa shape index (κ3) is 5.45. The predicted molar refractivity (Wildman–Crippen MR) is 128 cm³/mol. The minimum atomic E-state index is -0.850. The number of aliphatic carboxylic acids is 1. The summed E-state index contributed by atoms with van der Waals surface area (Å²) in [5.41, 5.74) is 4.45. The standard InChI is InChI=1S/C26H29N3O6/c1-16-14-29(11-10-17(16)25(32)33)24(31)13-27-23(30)12-28-26(34)35-15-22-20-8-4-2-6-18(20)19-7-3-5-9-21(19)22/h2-9,16-17,22H,10-15H2,1H3,(H,27,30)(H,28,34)(H,32,33). The zero-order chi connectivity index (χ0) is 24.9. The Labute approximate surface area is 203 Å². The Morgan fingerprint density at radius 2 is 1.60 bits per heavy atom. The predicted octanol–water partition coefficient (Wildman–Crippen LogP) is 2.21. The molecule has 2 aliphatic rings. The molecule has 0 radical (unpaired) electrons. The smallest absolute Gasteiger partial charge is 0.407 e. The quantitative estimate of drug-likeness (QED) is 0.559. The largest absolute Gasteiger partial charge is 0.481 e. The number of hydrogen-bond acceptors (Lipinski definition) is 5. The lowest BCUT2D eigenvalue weighted by molar-refractivity contribution is -0.148. The van der Waals surface area contributed by atoms with E-state index in [9.17, 15) is 24.3 Å². The number of benzene rings is 2. The van der Waals surface area contributed by atoms with Crippen molar-refractivity contribution in [2.24, 2.45) is 11.8 Å². The second-order valence-corrected chi connectivity index (χ2v) is 9.01. The molecular formula is C26H29N3O6. The summed E-state index contributed by atoms with van der Waals surface area (Å²) >= 11 is 0. The van der Waals surface area contributed by atoms with Crippen LogP contribution < -0.4 is 10.6 Å². The molecule has 1 aliphatic heterocycles. The van der Waals surface area contributed by atoms with Crippen LogP contribution in [0.15, 0.2) is 48.5 Å². The van der Waals surface area contributed by atoms with Crippen LogP contribution in [0.3, 0.4) is 0 Å². The normalized spacial score (nSPS) is 18.8. The van der Waals surface area contributed by atoms with Gasteiger partial charge in [0.15, 0.2) is 0 Å². The van der Waals surface area contributed by atoms with E-state index >= 15 is 0 Å². The second kappa shape index (κ2) is 10.6. The maximum atomic E-state index is 12.4. The highest BCUT2D eigenvalue weighted by molar-refractivity contribution is 5.87. The SMILES string of the molecule is CC1CN(C(=O)CNC(=O)CNC(=O)OCC2c3ccccc3-c3ccccc32)CCC1C(=O)O. The van der Waals surface area contributed by atoms with Crippen LogP contribution in [0.1, 0.15) is 30.4 Å². The van der Waals surface area contributed by atoms with E-state index in [1.54, 1.807) is 11.8 Å². The first-order valence-electron chi connectivity index (χ1n) is 11.7. The molecule has 35 heavy (non-hydrogen) atoms. The number of nitrogens with zero attached hydrogens (tertiary/aromatic N) is 1. The second-order valence-electron chi connectivity index (χ2n) is 9.01. The van der Waals surface area contributed by atoms with Crippen molar-refractivity contribution in [3.8, 4) is 11.1 Å². The first-order chi connectivity index (χ1) is 16.8. The topological polar surface area (TPSA) is 125 Å². The van der Waals surface area contributed by atoms with Crippen molar-refractivity contribution in [1.82, 2.24) is 15.5 Å². The van der Waals surface area contributed by atoms with Gasteiger partial charge in [0.25, 0.3) is 0 Å². The first-order valence-corrected chi connectivity index (χ1v) is 11.7. The number of amides is 3. The minimum absolute atomic E-state index is 0.0766. The lowest BCUT2D eigenvalue weighted by Crippen LogP contribution is -2.49. The van der Waals surface area contributed by atoms with Crippen LogP contribution in [0.2, 0.25) is 0 Å². The number of nitrogens with one attached hydrogen (secondary N) is 2. The molecule has 2 aromatic carbocycles. The molecule has 1 heterocycles. The average Bonchev–Trinajstić information content (AvgIpc) is 3.18. The van der Waals surface area contributed by atoms with Gasteiger partial charge >= 0.3 is 12.1 Å². The number of carboxylic acid groups (broad SMARTS) is 1. The number of carbonyl (C=O) groups is 4. The third-order valence-corrected chi connectivity index (χ3v) is 6.75. The van der Waals surface area contributed by atoms with Gasteiger partial charge in [-0.3, -0.25) is 14.4 Å². The van der Waals surface area contributed by atoms with Gasteiger partial charge in [-0.2, -0.15) is 0 Å². The molecule has 2 unspecified atom stereocenters. The Morgan fingerprint density at radius 3 is 2.20 bits per heavy atom.